The van der Waals surface area contributed by atoms with Crippen LogP contribution < -0.4 is 0 Å². The molecule has 0 saturated carbocycles. The van der Waals surface area contributed by atoms with Gasteiger partial charge in [0.25, 0.3) is 0 Å². The van der Waals surface area contributed by atoms with Crippen molar-refractivity contribution in [3.63, 3.8) is 0 Å². The van der Waals surface area contributed by atoms with Gasteiger partial charge in [-0.15, -0.1) is 0 Å². The van der Waals surface area contributed by atoms with Gasteiger partial charge in [0.05, 0.1) is 0 Å². The molecule has 1 saturated heterocycles. The summed E-state index contributed by atoms with van der Waals surface area (Å²) in [4.78, 5) is 0. The third kappa shape index (κ3) is 2.12. The summed E-state index contributed by atoms with van der Waals surface area (Å²) in [5.41, 5.74) is 4.50. The van der Waals surface area contributed by atoms with Crippen LogP contribution in [0.4, 0.5) is 0 Å². The quantitative estimate of drug-likeness (QED) is 0.718. The average molecular weight is 232 g/mol. The van der Waals surface area contributed by atoms with Gasteiger partial charge >= 0.3 is 0 Å². The van der Waals surface area contributed by atoms with Gasteiger partial charge in [-0.1, -0.05) is 25.1 Å². The van der Waals surface area contributed by atoms with E-state index in [1.165, 1.54) is 16.7 Å². The largest absolute Gasteiger partial charge is 0.217 e. The lowest BCUT2D eigenvalue weighted by molar-refractivity contribution is 0.183. The van der Waals surface area contributed by atoms with Crippen LogP contribution in [0.1, 0.15) is 50.6 Å². The maximum atomic E-state index is 2.49. The monoisotopic (exact) mass is 232 g/mol. The summed E-state index contributed by atoms with van der Waals surface area (Å²) in [6.45, 7) is 14.6. The second kappa shape index (κ2) is 4.11. The van der Waals surface area contributed by atoms with Gasteiger partial charge in [0.2, 0.25) is 0 Å². The number of hydrazine groups is 1. The molecule has 94 valence electrons. The van der Waals surface area contributed by atoms with E-state index in [0.717, 1.165) is 6.54 Å². The number of rotatable bonds is 2. The van der Waals surface area contributed by atoms with E-state index in [1.54, 1.807) is 0 Å². The summed E-state index contributed by atoms with van der Waals surface area (Å²) in [5, 5.41) is 4.94. The molecular weight excluding hydrogens is 208 g/mol. The van der Waals surface area contributed by atoms with Crippen molar-refractivity contribution in [2.24, 2.45) is 0 Å². The van der Waals surface area contributed by atoms with Crippen molar-refractivity contribution in [1.82, 2.24) is 10.0 Å². The second-order valence-electron chi connectivity index (χ2n) is 5.95. The van der Waals surface area contributed by atoms with E-state index in [0.29, 0.717) is 6.17 Å². The summed E-state index contributed by atoms with van der Waals surface area (Å²) < 4.78 is 0. The zero-order chi connectivity index (χ0) is 12.8. The van der Waals surface area contributed by atoms with E-state index in [9.17, 15) is 0 Å². The zero-order valence-electron chi connectivity index (χ0n) is 11.9. The molecule has 3 atom stereocenters. The van der Waals surface area contributed by atoms with Crippen LogP contribution in [0.3, 0.4) is 0 Å². The predicted octanol–water partition coefficient (Wildman–Crippen LogP) is 3.65. The molecule has 0 N–H and O–H groups in total. The molecule has 1 aromatic carbocycles. The molecule has 3 unspecified atom stereocenters. The molecule has 0 radical (unpaired) electrons. The highest BCUT2D eigenvalue weighted by Gasteiger charge is 2.51. The van der Waals surface area contributed by atoms with Gasteiger partial charge in [-0.05, 0) is 51.3 Å². The van der Waals surface area contributed by atoms with Gasteiger partial charge in [-0.25, -0.2) is 10.0 Å². The van der Waals surface area contributed by atoms with E-state index >= 15 is 0 Å². The Labute approximate surface area is 105 Å². The Kier molecular flexibility index (Phi) is 3.04. The van der Waals surface area contributed by atoms with Crippen LogP contribution >= 0.6 is 0 Å². The number of nitrogens with zero attached hydrogens (tertiary/aromatic N) is 2. The number of benzene rings is 1. The van der Waals surface area contributed by atoms with E-state index in [2.05, 4.69) is 69.8 Å². The molecule has 1 heterocycles. The molecule has 0 aliphatic carbocycles. The molecular formula is C15H24N2. The lowest BCUT2D eigenvalue weighted by Crippen LogP contribution is -2.29. The summed E-state index contributed by atoms with van der Waals surface area (Å²) in [5.74, 6) is 0. The smallest absolute Gasteiger partial charge is 0.116 e. The van der Waals surface area contributed by atoms with E-state index in [1.807, 2.05) is 0 Å². The maximum absolute atomic E-state index is 2.49. The van der Waals surface area contributed by atoms with Gasteiger partial charge in [-0.2, -0.15) is 0 Å². The molecule has 1 aliphatic rings. The first-order valence-corrected chi connectivity index (χ1v) is 6.50. The topological polar surface area (TPSA) is 6.02 Å². The highest BCUT2D eigenvalue weighted by Crippen LogP contribution is 2.48. The van der Waals surface area contributed by atoms with Crippen LogP contribution in [0, 0.1) is 13.8 Å². The minimum atomic E-state index is 0.204. The number of hydrogen-bond donors (Lipinski definition) is 0. The fourth-order valence-corrected chi connectivity index (χ4v) is 2.79. The van der Waals surface area contributed by atoms with Crippen molar-refractivity contribution < 1.29 is 0 Å². The van der Waals surface area contributed by atoms with E-state index in [4.69, 9.17) is 0 Å². The molecule has 0 bridgehead atoms. The zero-order valence-corrected chi connectivity index (χ0v) is 11.9. The average Bonchev–Trinajstić information content (AvgIpc) is 2.91. The first-order chi connectivity index (χ1) is 7.88. The summed E-state index contributed by atoms with van der Waals surface area (Å²) in [6, 6.07) is 6.58. The summed E-state index contributed by atoms with van der Waals surface area (Å²) >= 11 is 0. The van der Waals surface area contributed by atoms with Crippen molar-refractivity contribution >= 4 is 0 Å². The highest BCUT2D eigenvalue weighted by atomic mass is 15.9. The Balaban J connectivity index is 2.36. The van der Waals surface area contributed by atoms with Crippen molar-refractivity contribution in [3.05, 3.63) is 34.9 Å². The first-order valence-electron chi connectivity index (χ1n) is 6.50. The van der Waals surface area contributed by atoms with Gasteiger partial charge in [0.15, 0.2) is 0 Å². The third-order valence-electron chi connectivity index (χ3n) is 3.55. The standard InChI is InChI=1S/C15H24N2/c1-7-16-14(17(16)15(4,5)6)13-11(2)9-8-10-12(13)3/h8-10,14H,7H2,1-6H3. The second-order valence-corrected chi connectivity index (χ2v) is 5.95. The Morgan fingerprint density at radius 2 is 1.65 bits per heavy atom. The van der Waals surface area contributed by atoms with Crippen LogP contribution in [0.25, 0.3) is 0 Å². The van der Waals surface area contributed by atoms with Crippen LogP contribution in [0.2, 0.25) is 0 Å². The van der Waals surface area contributed by atoms with Crippen molar-refractivity contribution in [2.75, 3.05) is 6.54 Å². The fraction of sp³-hybridized carbons (Fsp3) is 0.600. The lowest BCUT2D eigenvalue weighted by Gasteiger charge is -2.21. The first kappa shape index (κ1) is 12.6. The van der Waals surface area contributed by atoms with E-state index < -0.39 is 0 Å². The lowest BCUT2D eigenvalue weighted by atomic mass is 10.0. The van der Waals surface area contributed by atoms with Crippen LogP contribution in [0.5, 0.6) is 0 Å². The summed E-state index contributed by atoms with van der Waals surface area (Å²) in [6.07, 6.45) is 0.473. The minimum absolute atomic E-state index is 0.204. The fourth-order valence-electron chi connectivity index (χ4n) is 2.79. The minimum Gasteiger partial charge on any atom is -0.217 e. The molecule has 2 rings (SSSR count). The Morgan fingerprint density at radius 3 is 2.00 bits per heavy atom. The summed E-state index contributed by atoms with van der Waals surface area (Å²) in [7, 11) is 0. The Bertz CT molecular complexity index is 397. The van der Waals surface area contributed by atoms with Crippen molar-refractivity contribution in [1.29, 1.82) is 0 Å². The van der Waals surface area contributed by atoms with Crippen molar-refractivity contribution in [2.45, 2.75) is 53.2 Å². The molecule has 1 aliphatic heterocycles. The van der Waals surface area contributed by atoms with Crippen LogP contribution in [0.15, 0.2) is 18.2 Å². The third-order valence-corrected chi connectivity index (χ3v) is 3.55. The molecule has 2 nitrogen and oxygen atoms in total. The number of aryl methyl sites for hydroxylation is 2. The molecule has 0 aromatic heterocycles. The van der Waals surface area contributed by atoms with Gasteiger partial charge < -0.3 is 0 Å². The molecule has 2 heteroatoms. The SMILES string of the molecule is CCN1C(c2c(C)cccc2C)N1C(C)(C)C. The Morgan fingerprint density at radius 1 is 1.12 bits per heavy atom. The van der Waals surface area contributed by atoms with Crippen LogP contribution in [-0.2, 0) is 0 Å². The molecule has 0 spiro atoms. The van der Waals surface area contributed by atoms with Crippen molar-refractivity contribution in [3.8, 4) is 0 Å². The van der Waals surface area contributed by atoms with E-state index in [-0.39, 0.29) is 5.54 Å². The molecule has 0 amide bonds. The van der Waals surface area contributed by atoms with Gasteiger partial charge in [0.1, 0.15) is 6.17 Å². The van der Waals surface area contributed by atoms with Crippen LogP contribution in [-0.4, -0.2) is 22.1 Å². The predicted molar refractivity (Wildman–Crippen MR) is 72.6 cm³/mol. The van der Waals surface area contributed by atoms with Gasteiger partial charge in [-0.3, -0.25) is 0 Å². The highest BCUT2D eigenvalue weighted by molar-refractivity contribution is 5.38. The molecule has 17 heavy (non-hydrogen) atoms. The van der Waals surface area contributed by atoms with Gasteiger partial charge in [0, 0.05) is 12.1 Å². The Hall–Kier alpha value is -0.860. The maximum Gasteiger partial charge on any atom is 0.116 e. The number of hydrogen-bond acceptors (Lipinski definition) is 2. The molecule has 1 aromatic rings. The normalized spacial score (nSPS) is 28.2. The molecule has 1 fully saturated rings.